The fraction of sp³-hybridized carbons (Fsp3) is 0.281. The Hall–Kier alpha value is -3.66. The molecule has 4 rings (SSSR count). The van der Waals surface area contributed by atoms with Crippen molar-refractivity contribution >= 4 is 16.9 Å². The molecule has 1 heterocycles. The van der Waals surface area contributed by atoms with Crippen molar-refractivity contribution in [1.82, 2.24) is 10.2 Å². The molecule has 0 atom stereocenters. The van der Waals surface area contributed by atoms with Gasteiger partial charge in [0.1, 0.15) is 5.82 Å². The van der Waals surface area contributed by atoms with E-state index in [-0.39, 0.29) is 5.82 Å². The summed E-state index contributed by atoms with van der Waals surface area (Å²) in [6, 6.07) is 8.87. The SMILES string of the molecule is CC1=C/C(N=C(C)CC2=CCCC(C)=C(c3ccnnc3)C(C)=C2)=C\C=C(\c2cccc(F)c2)CC1. The Bertz CT molecular complexity index is 1330. The molecule has 1 aromatic heterocycles. The molecule has 0 unspecified atom stereocenters. The van der Waals surface area contributed by atoms with Crippen LogP contribution in [0.4, 0.5) is 4.39 Å². The first-order chi connectivity index (χ1) is 17.4. The molecule has 0 saturated carbocycles. The monoisotopic (exact) mass is 479 g/mol. The number of hydrogen-bond donors (Lipinski definition) is 0. The van der Waals surface area contributed by atoms with E-state index >= 15 is 0 Å². The Morgan fingerprint density at radius 1 is 0.972 bits per heavy atom. The number of benzene rings is 1. The summed E-state index contributed by atoms with van der Waals surface area (Å²) >= 11 is 0. The van der Waals surface area contributed by atoms with Crippen LogP contribution in [0.1, 0.15) is 70.9 Å². The zero-order valence-corrected chi connectivity index (χ0v) is 21.7. The van der Waals surface area contributed by atoms with E-state index in [0.717, 1.165) is 60.2 Å². The highest BCUT2D eigenvalue weighted by Crippen LogP contribution is 2.32. The van der Waals surface area contributed by atoms with E-state index in [4.69, 9.17) is 4.99 Å². The fourth-order valence-electron chi connectivity index (χ4n) is 4.91. The Kier molecular flexibility index (Phi) is 8.37. The molecular weight excluding hydrogens is 445 g/mol. The van der Waals surface area contributed by atoms with Crippen molar-refractivity contribution < 1.29 is 4.39 Å². The molecule has 4 heteroatoms. The first-order valence-corrected chi connectivity index (χ1v) is 12.6. The molecular formula is C32H34FN3. The minimum atomic E-state index is -0.204. The summed E-state index contributed by atoms with van der Waals surface area (Å²) in [6.45, 7) is 8.62. The van der Waals surface area contributed by atoms with Crippen LogP contribution in [0.2, 0.25) is 0 Å². The number of rotatable bonds is 5. The van der Waals surface area contributed by atoms with Gasteiger partial charge in [0.15, 0.2) is 0 Å². The van der Waals surface area contributed by atoms with E-state index in [1.165, 1.54) is 33.9 Å². The van der Waals surface area contributed by atoms with Crippen molar-refractivity contribution in [2.24, 2.45) is 4.99 Å². The van der Waals surface area contributed by atoms with Gasteiger partial charge in [-0.05, 0) is 112 Å². The zero-order chi connectivity index (χ0) is 25.5. The normalized spacial score (nSPS) is 20.5. The minimum absolute atomic E-state index is 0.204. The lowest BCUT2D eigenvalue weighted by Crippen LogP contribution is -2.00. The number of aliphatic imine (C=N–C) groups is 1. The van der Waals surface area contributed by atoms with Crippen LogP contribution in [0.25, 0.3) is 11.1 Å². The molecule has 2 aliphatic carbocycles. The third-order valence-electron chi connectivity index (χ3n) is 6.64. The average molecular weight is 480 g/mol. The largest absolute Gasteiger partial charge is 0.258 e. The maximum absolute atomic E-state index is 13.8. The molecule has 1 aromatic carbocycles. The molecule has 0 radical (unpaired) electrons. The summed E-state index contributed by atoms with van der Waals surface area (Å²) in [4.78, 5) is 4.98. The topological polar surface area (TPSA) is 38.1 Å². The zero-order valence-electron chi connectivity index (χ0n) is 21.7. The number of hydrogen-bond acceptors (Lipinski definition) is 3. The molecule has 2 aromatic rings. The van der Waals surface area contributed by atoms with Gasteiger partial charge in [0.05, 0.1) is 18.1 Å². The second-order valence-electron chi connectivity index (χ2n) is 9.74. The van der Waals surface area contributed by atoms with E-state index in [1.54, 1.807) is 18.3 Å². The quantitative estimate of drug-likeness (QED) is 0.403. The van der Waals surface area contributed by atoms with E-state index in [9.17, 15) is 4.39 Å². The summed E-state index contributed by atoms with van der Waals surface area (Å²) in [5.74, 6) is -0.204. The molecule has 0 bridgehead atoms. The molecule has 0 amide bonds. The third-order valence-corrected chi connectivity index (χ3v) is 6.64. The molecule has 2 aliphatic rings. The Morgan fingerprint density at radius 3 is 2.61 bits per heavy atom. The predicted molar refractivity (Wildman–Crippen MR) is 149 cm³/mol. The Balaban J connectivity index is 1.58. The van der Waals surface area contributed by atoms with Crippen LogP contribution < -0.4 is 0 Å². The first kappa shape index (κ1) is 25.4. The fourth-order valence-corrected chi connectivity index (χ4v) is 4.91. The van der Waals surface area contributed by atoms with Gasteiger partial charge in [0, 0.05) is 17.7 Å². The Labute approximate surface area is 214 Å². The first-order valence-electron chi connectivity index (χ1n) is 12.6. The lowest BCUT2D eigenvalue weighted by molar-refractivity contribution is 0.627. The maximum Gasteiger partial charge on any atom is 0.123 e. The van der Waals surface area contributed by atoms with Gasteiger partial charge in [0.2, 0.25) is 0 Å². The van der Waals surface area contributed by atoms with E-state index in [1.807, 2.05) is 18.3 Å². The van der Waals surface area contributed by atoms with Crippen LogP contribution in [0.3, 0.4) is 0 Å². The minimum Gasteiger partial charge on any atom is -0.258 e. The molecule has 3 nitrogen and oxygen atoms in total. The lowest BCUT2D eigenvalue weighted by atomic mass is 9.89. The predicted octanol–water partition coefficient (Wildman–Crippen LogP) is 8.61. The van der Waals surface area contributed by atoms with Gasteiger partial charge in [-0.25, -0.2) is 4.39 Å². The van der Waals surface area contributed by atoms with Crippen LogP contribution in [-0.2, 0) is 0 Å². The van der Waals surface area contributed by atoms with Gasteiger partial charge >= 0.3 is 0 Å². The molecule has 36 heavy (non-hydrogen) atoms. The standard InChI is InChI=1S/C32H34FN3/c1-22-11-12-27(28-9-6-10-30(33)20-28)13-14-31(17-22)36-25(4)19-26-8-5-7-23(2)32(24(3)18-26)29-15-16-34-35-21-29/h6,8-10,13-18,20-21H,5,7,11-12,19H2,1-4H3/b22-17?,24-18?,26-8?,27-13+,31-14+,32-23?,36-25?. The molecule has 0 N–H and O–H groups in total. The van der Waals surface area contributed by atoms with Gasteiger partial charge < -0.3 is 0 Å². The summed E-state index contributed by atoms with van der Waals surface area (Å²) < 4.78 is 13.8. The van der Waals surface area contributed by atoms with Gasteiger partial charge in [-0.2, -0.15) is 10.2 Å². The highest BCUT2D eigenvalue weighted by Gasteiger charge is 2.13. The van der Waals surface area contributed by atoms with Crippen molar-refractivity contribution in [2.75, 3.05) is 0 Å². The Morgan fingerprint density at radius 2 is 1.83 bits per heavy atom. The molecule has 0 saturated heterocycles. The summed E-state index contributed by atoms with van der Waals surface area (Å²) in [5.41, 5.74) is 11.6. The highest BCUT2D eigenvalue weighted by molar-refractivity contribution is 5.87. The van der Waals surface area contributed by atoms with Crippen LogP contribution in [0.5, 0.6) is 0 Å². The highest BCUT2D eigenvalue weighted by atomic mass is 19.1. The molecule has 184 valence electrons. The van der Waals surface area contributed by atoms with Crippen molar-refractivity contribution in [2.45, 2.75) is 59.8 Å². The van der Waals surface area contributed by atoms with Crippen molar-refractivity contribution in [3.8, 4) is 0 Å². The van der Waals surface area contributed by atoms with Crippen molar-refractivity contribution in [3.05, 3.63) is 118 Å². The number of nitrogens with zero attached hydrogens (tertiary/aromatic N) is 3. The van der Waals surface area contributed by atoms with Gasteiger partial charge in [-0.3, -0.25) is 4.99 Å². The van der Waals surface area contributed by atoms with Crippen LogP contribution in [0.15, 0.2) is 106 Å². The second-order valence-corrected chi connectivity index (χ2v) is 9.74. The van der Waals surface area contributed by atoms with Crippen molar-refractivity contribution in [3.63, 3.8) is 0 Å². The summed E-state index contributed by atoms with van der Waals surface area (Å²) in [6.07, 6.45) is 19.2. The van der Waals surface area contributed by atoms with Gasteiger partial charge in [0.25, 0.3) is 0 Å². The van der Waals surface area contributed by atoms with Crippen LogP contribution >= 0.6 is 0 Å². The van der Waals surface area contributed by atoms with Crippen LogP contribution in [0, 0.1) is 5.82 Å². The summed E-state index contributed by atoms with van der Waals surface area (Å²) in [5, 5.41) is 8.02. The smallest absolute Gasteiger partial charge is 0.123 e. The second kappa shape index (κ2) is 11.9. The third kappa shape index (κ3) is 6.72. The number of allylic oxidation sites excluding steroid dienone is 11. The number of halogens is 1. The van der Waals surface area contributed by atoms with Gasteiger partial charge in [-0.15, -0.1) is 0 Å². The molecule has 0 spiro atoms. The van der Waals surface area contributed by atoms with Gasteiger partial charge in [-0.1, -0.05) is 41.5 Å². The number of aromatic nitrogens is 2. The lowest BCUT2D eigenvalue weighted by Gasteiger charge is -2.17. The van der Waals surface area contributed by atoms with Crippen LogP contribution in [-0.4, -0.2) is 15.9 Å². The van der Waals surface area contributed by atoms with E-state index in [0.29, 0.717) is 0 Å². The van der Waals surface area contributed by atoms with Crippen molar-refractivity contribution in [1.29, 1.82) is 0 Å². The molecule has 0 fully saturated rings. The van der Waals surface area contributed by atoms with E-state index in [2.05, 4.69) is 68.3 Å². The molecule has 0 aliphatic heterocycles. The average Bonchev–Trinajstić information content (AvgIpc) is 2.82. The maximum atomic E-state index is 13.8. The summed E-state index contributed by atoms with van der Waals surface area (Å²) in [7, 11) is 0. The van der Waals surface area contributed by atoms with E-state index < -0.39 is 0 Å².